The molecule has 1 aromatic rings. The first-order valence-corrected chi connectivity index (χ1v) is 4.74. The third kappa shape index (κ3) is 2.84. The molecule has 1 rings (SSSR count). The van der Waals surface area contributed by atoms with Crippen LogP contribution < -0.4 is 4.74 Å². The first-order chi connectivity index (χ1) is 6.13. The van der Waals surface area contributed by atoms with E-state index in [1.54, 1.807) is 14.0 Å². The zero-order chi connectivity index (χ0) is 9.84. The number of methoxy groups -OCH3 is 1. The molecule has 0 saturated heterocycles. The number of Topliss-reactive ketones (excluding diaryl/α,β-unsaturated/α-hetero) is 1. The Hall–Kier alpha value is -0.830. The molecule has 0 saturated carbocycles. The van der Waals surface area contributed by atoms with Crippen LogP contribution >= 0.6 is 15.9 Å². The number of halogens is 1. The van der Waals surface area contributed by atoms with Crippen molar-refractivity contribution in [2.75, 3.05) is 7.11 Å². The van der Waals surface area contributed by atoms with Crippen LogP contribution in [0.1, 0.15) is 12.5 Å². The summed E-state index contributed by atoms with van der Waals surface area (Å²) in [6.07, 6.45) is 0.475. The van der Waals surface area contributed by atoms with Crippen molar-refractivity contribution in [3.05, 3.63) is 28.2 Å². The Bertz CT molecular complexity index is 321. The van der Waals surface area contributed by atoms with Gasteiger partial charge in [0.2, 0.25) is 0 Å². The molecule has 70 valence electrons. The van der Waals surface area contributed by atoms with E-state index in [1.165, 1.54) is 0 Å². The molecule has 0 atom stereocenters. The van der Waals surface area contributed by atoms with E-state index in [0.717, 1.165) is 15.8 Å². The van der Waals surface area contributed by atoms with Gasteiger partial charge in [0.05, 0.1) is 11.6 Å². The first kappa shape index (κ1) is 10.3. The average Bonchev–Trinajstić information content (AvgIpc) is 2.03. The van der Waals surface area contributed by atoms with Crippen molar-refractivity contribution < 1.29 is 9.53 Å². The lowest BCUT2D eigenvalue weighted by Gasteiger charge is -2.04. The van der Waals surface area contributed by atoms with E-state index in [4.69, 9.17) is 4.74 Å². The summed E-state index contributed by atoms with van der Waals surface area (Å²) in [6.45, 7) is 1.58. The molecule has 0 bridgehead atoms. The van der Waals surface area contributed by atoms with E-state index >= 15 is 0 Å². The molecule has 3 heteroatoms. The zero-order valence-corrected chi connectivity index (χ0v) is 9.22. The summed E-state index contributed by atoms with van der Waals surface area (Å²) in [4.78, 5) is 10.8. The molecule has 0 spiro atoms. The molecule has 0 aliphatic rings. The summed E-state index contributed by atoms with van der Waals surface area (Å²) in [5.41, 5.74) is 1.00. The van der Waals surface area contributed by atoms with Crippen LogP contribution in [0.3, 0.4) is 0 Å². The second kappa shape index (κ2) is 4.42. The molecular weight excluding hydrogens is 232 g/mol. The molecule has 13 heavy (non-hydrogen) atoms. The number of rotatable bonds is 3. The highest BCUT2D eigenvalue weighted by Crippen LogP contribution is 2.25. The highest BCUT2D eigenvalue weighted by molar-refractivity contribution is 9.10. The van der Waals surface area contributed by atoms with Crippen LogP contribution in [0, 0.1) is 0 Å². The highest BCUT2D eigenvalue weighted by Gasteiger charge is 2.02. The molecule has 0 unspecified atom stereocenters. The maximum atomic E-state index is 10.8. The third-order valence-corrected chi connectivity index (χ3v) is 2.29. The average molecular weight is 243 g/mol. The Labute approximate surface area is 86.0 Å². The van der Waals surface area contributed by atoms with Crippen molar-refractivity contribution in [3.63, 3.8) is 0 Å². The predicted octanol–water partition coefficient (Wildman–Crippen LogP) is 2.59. The number of hydrogen-bond donors (Lipinski definition) is 0. The van der Waals surface area contributed by atoms with Crippen LogP contribution in [-0.2, 0) is 11.2 Å². The van der Waals surface area contributed by atoms with Gasteiger partial charge in [0.1, 0.15) is 11.5 Å². The minimum Gasteiger partial charge on any atom is -0.496 e. The fraction of sp³-hybridized carbons (Fsp3) is 0.300. The molecule has 0 N–H and O–H groups in total. The molecule has 2 nitrogen and oxygen atoms in total. The Kier molecular flexibility index (Phi) is 3.48. The van der Waals surface area contributed by atoms with E-state index in [9.17, 15) is 4.79 Å². The fourth-order valence-electron chi connectivity index (χ4n) is 1.11. The monoisotopic (exact) mass is 242 g/mol. The van der Waals surface area contributed by atoms with Gasteiger partial charge in [-0.25, -0.2) is 0 Å². The topological polar surface area (TPSA) is 26.3 Å². The van der Waals surface area contributed by atoms with Crippen LogP contribution in [0.2, 0.25) is 0 Å². The molecule has 1 aromatic carbocycles. The van der Waals surface area contributed by atoms with Crippen molar-refractivity contribution >= 4 is 21.7 Å². The summed E-state index contributed by atoms with van der Waals surface area (Å²) >= 11 is 3.36. The molecule has 0 amide bonds. The lowest BCUT2D eigenvalue weighted by molar-refractivity contribution is -0.116. The smallest absolute Gasteiger partial charge is 0.134 e. The van der Waals surface area contributed by atoms with Gasteiger partial charge in [-0.2, -0.15) is 0 Å². The quantitative estimate of drug-likeness (QED) is 0.815. The van der Waals surface area contributed by atoms with E-state index < -0.39 is 0 Å². The minimum atomic E-state index is 0.164. The standard InChI is InChI=1S/C10H11BrO2/c1-7(12)5-8-3-4-10(13-2)9(11)6-8/h3-4,6H,5H2,1-2H3. The van der Waals surface area contributed by atoms with Gasteiger partial charge in [0.25, 0.3) is 0 Å². The lowest BCUT2D eigenvalue weighted by Crippen LogP contribution is -1.96. The van der Waals surface area contributed by atoms with Gasteiger partial charge in [-0.1, -0.05) is 6.07 Å². The number of carbonyl (C=O) groups excluding carboxylic acids is 1. The minimum absolute atomic E-state index is 0.164. The van der Waals surface area contributed by atoms with E-state index in [2.05, 4.69) is 15.9 Å². The maximum absolute atomic E-state index is 10.8. The Balaban J connectivity index is 2.89. The number of ketones is 1. The number of ether oxygens (including phenoxy) is 1. The van der Waals surface area contributed by atoms with Gasteiger partial charge >= 0.3 is 0 Å². The van der Waals surface area contributed by atoms with E-state index in [-0.39, 0.29) is 5.78 Å². The summed E-state index contributed by atoms with van der Waals surface area (Å²) < 4.78 is 5.96. The Morgan fingerprint density at radius 2 is 2.23 bits per heavy atom. The van der Waals surface area contributed by atoms with Gasteiger partial charge in [0, 0.05) is 6.42 Å². The van der Waals surface area contributed by atoms with Crippen LogP contribution in [0.5, 0.6) is 5.75 Å². The summed E-state index contributed by atoms with van der Waals surface area (Å²) in [5, 5.41) is 0. The largest absolute Gasteiger partial charge is 0.496 e. The van der Waals surface area contributed by atoms with Crippen molar-refractivity contribution in [2.45, 2.75) is 13.3 Å². The van der Waals surface area contributed by atoms with E-state index in [1.807, 2.05) is 18.2 Å². The van der Waals surface area contributed by atoms with Crippen LogP contribution in [0.4, 0.5) is 0 Å². The second-order valence-corrected chi connectivity index (χ2v) is 3.70. The maximum Gasteiger partial charge on any atom is 0.134 e. The highest BCUT2D eigenvalue weighted by atomic mass is 79.9. The Morgan fingerprint density at radius 1 is 1.54 bits per heavy atom. The van der Waals surface area contributed by atoms with Crippen LogP contribution in [-0.4, -0.2) is 12.9 Å². The van der Waals surface area contributed by atoms with Gasteiger partial charge in [-0.15, -0.1) is 0 Å². The normalized spacial score (nSPS) is 9.77. The SMILES string of the molecule is COc1ccc(CC(C)=O)cc1Br. The molecule has 0 aliphatic carbocycles. The van der Waals surface area contributed by atoms with Crippen molar-refractivity contribution in [1.29, 1.82) is 0 Å². The molecule has 0 fully saturated rings. The van der Waals surface area contributed by atoms with Gasteiger partial charge in [-0.3, -0.25) is 4.79 Å². The predicted molar refractivity (Wildman–Crippen MR) is 55.1 cm³/mol. The summed E-state index contributed by atoms with van der Waals surface area (Å²) in [7, 11) is 1.62. The molecule has 0 heterocycles. The molecule has 0 aromatic heterocycles. The zero-order valence-electron chi connectivity index (χ0n) is 7.63. The molecule has 0 aliphatic heterocycles. The van der Waals surface area contributed by atoms with Crippen LogP contribution in [0.25, 0.3) is 0 Å². The lowest BCUT2D eigenvalue weighted by atomic mass is 10.1. The van der Waals surface area contributed by atoms with Gasteiger partial charge < -0.3 is 4.74 Å². The van der Waals surface area contributed by atoms with Crippen molar-refractivity contribution in [1.82, 2.24) is 0 Å². The van der Waals surface area contributed by atoms with E-state index in [0.29, 0.717) is 6.42 Å². The summed E-state index contributed by atoms with van der Waals surface area (Å²) in [5.74, 6) is 0.948. The third-order valence-electron chi connectivity index (χ3n) is 1.67. The van der Waals surface area contributed by atoms with Crippen molar-refractivity contribution in [2.24, 2.45) is 0 Å². The summed E-state index contributed by atoms with van der Waals surface area (Å²) in [6, 6.07) is 5.65. The number of hydrogen-bond acceptors (Lipinski definition) is 2. The first-order valence-electron chi connectivity index (χ1n) is 3.95. The fourth-order valence-corrected chi connectivity index (χ4v) is 1.70. The van der Waals surface area contributed by atoms with Gasteiger partial charge in [0.15, 0.2) is 0 Å². The number of carbonyl (C=O) groups is 1. The van der Waals surface area contributed by atoms with Gasteiger partial charge in [-0.05, 0) is 40.5 Å². The molecule has 0 radical (unpaired) electrons. The Morgan fingerprint density at radius 3 is 2.69 bits per heavy atom. The van der Waals surface area contributed by atoms with Crippen LogP contribution in [0.15, 0.2) is 22.7 Å². The van der Waals surface area contributed by atoms with Crippen molar-refractivity contribution in [3.8, 4) is 5.75 Å². The second-order valence-electron chi connectivity index (χ2n) is 2.85. The molecular formula is C10H11BrO2. The number of benzene rings is 1.